The van der Waals surface area contributed by atoms with Gasteiger partial charge in [0, 0.05) is 24.3 Å². The highest BCUT2D eigenvalue weighted by molar-refractivity contribution is 5.78. The third-order valence-electron chi connectivity index (χ3n) is 3.51. The number of amides is 1. The molecule has 6 nitrogen and oxygen atoms in total. The van der Waals surface area contributed by atoms with E-state index in [1.54, 1.807) is 6.92 Å². The van der Waals surface area contributed by atoms with Crippen molar-refractivity contribution in [1.82, 2.24) is 20.4 Å². The highest BCUT2D eigenvalue weighted by Gasteiger charge is 2.12. The van der Waals surface area contributed by atoms with Crippen molar-refractivity contribution < 1.29 is 4.79 Å². The number of hydrogen-bond acceptors (Lipinski definition) is 3. The van der Waals surface area contributed by atoms with Crippen molar-refractivity contribution in [2.45, 2.75) is 26.4 Å². The van der Waals surface area contributed by atoms with E-state index in [1.165, 1.54) is 5.56 Å². The first-order valence-corrected chi connectivity index (χ1v) is 7.21. The molecule has 1 aromatic heterocycles. The Hall–Kier alpha value is -2.34. The summed E-state index contributed by atoms with van der Waals surface area (Å²) in [5, 5.41) is 8.09. The standard InChI is InChI=1S/C16H22N4O2/c1-11-14(16(22)19-18-11)8-15(21)17-9-12-6-4-5-7-13(12)10-20(2)3/h4-7H,8-10H2,1-3H3,(H,17,21)(H2,18,19,22). The van der Waals surface area contributed by atoms with Crippen LogP contribution in [0.5, 0.6) is 0 Å². The van der Waals surface area contributed by atoms with Crippen LogP contribution >= 0.6 is 0 Å². The maximum absolute atomic E-state index is 12.0. The minimum atomic E-state index is -0.236. The van der Waals surface area contributed by atoms with E-state index in [9.17, 15) is 9.59 Å². The Balaban J connectivity index is 1.98. The van der Waals surface area contributed by atoms with E-state index in [0.29, 0.717) is 17.8 Å². The van der Waals surface area contributed by atoms with Gasteiger partial charge in [-0.1, -0.05) is 24.3 Å². The molecule has 0 aliphatic heterocycles. The summed E-state index contributed by atoms with van der Waals surface area (Å²) >= 11 is 0. The van der Waals surface area contributed by atoms with Crippen LogP contribution in [0.3, 0.4) is 0 Å². The minimum absolute atomic E-state index is 0.0838. The second-order valence-corrected chi connectivity index (χ2v) is 5.64. The van der Waals surface area contributed by atoms with Gasteiger partial charge in [-0.3, -0.25) is 14.7 Å². The van der Waals surface area contributed by atoms with Gasteiger partial charge < -0.3 is 15.3 Å². The molecule has 3 N–H and O–H groups in total. The first kappa shape index (κ1) is 16.0. The fraction of sp³-hybridized carbons (Fsp3) is 0.375. The maximum atomic E-state index is 12.0. The summed E-state index contributed by atoms with van der Waals surface area (Å²) in [4.78, 5) is 25.7. The molecule has 22 heavy (non-hydrogen) atoms. The number of aryl methyl sites for hydroxylation is 1. The molecule has 2 aromatic rings. The molecule has 6 heteroatoms. The fourth-order valence-corrected chi connectivity index (χ4v) is 2.33. The molecule has 0 aliphatic rings. The smallest absolute Gasteiger partial charge is 0.267 e. The normalized spacial score (nSPS) is 10.9. The van der Waals surface area contributed by atoms with Gasteiger partial charge >= 0.3 is 0 Å². The predicted molar refractivity (Wildman–Crippen MR) is 85.5 cm³/mol. The lowest BCUT2D eigenvalue weighted by molar-refractivity contribution is -0.120. The number of hydrogen-bond donors (Lipinski definition) is 3. The Bertz CT molecular complexity index is 700. The molecule has 118 valence electrons. The second-order valence-electron chi connectivity index (χ2n) is 5.64. The lowest BCUT2D eigenvalue weighted by Crippen LogP contribution is -2.27. The minimum Gasteiger partial charge on any atom is -0.352 e. The lowest BCUT2D eigenvalue weighted by atomic mass is 10.1. The molecule has 1 heterocycles. The molecule has 0 saturated heterocycles. The van der Waals surface area contributed by atoms with E-state index < -0.39 is 0 Å². The van der Waals surface area contributed by atoms with Gasteiger partial charge in [0.25, 0.3) is 5.56 Å². The van der Waals surface area contributed by atoms with Crippen LogP contribution in [0.25, 0.3) is 0 Å². The number of benzene rings is 1. The lowest BCUT2D eigenvalue weighted by Gasteiger charge is -2.14. The fourth-order valence-electron chi connectivity index (χ4n) is 2.33. The van der Waals surface area contributed by atoms with Gasteiger partial charge in [-0.15, -0.1) is 0 Å². The largest absolute Gasteiger partial charge is 0.352 e. The molecular weight excluding hydrogens is 280 g/mol. The van der Waals surface area contributed by atoms with Crippen molar-refractivity contribution in [3.8, 4) is 0 Å². The van der Waals surface area contributed by atoms with E-state index in [1.807, 2.05) is 32.3 Å². The number of carbonyl (C=O) groups excluding carboxylic acids is 1. The first-order chi connectivity index (χ1) is 10.5. The SMILES string of the molecule is Cc1[nH][nH]c(=O)c1CC(=O)NCc1ccccc1CN(C)C. The van der Waals surface area contributed by atoms with Gasteiger partial charge in [-0.2, -0.15) is 0 Å². The molecule has 0 atom stereocenters. The summed E-state index contributed by atoms with van der Waals surface area (Å²) in [5.74, 6) is -0.159. The Kier molecular flexibility index (Phi) is 5.16. The highest BCUT2D eigenvalue weighted by Crippen LogP contribution is 2.10. The van der Waals surface area contributed by atoms with Crippen molar-refractivity contribution in [2.75, 3.05) is 14.1 Å². The summed E-state index contributed by atoms with van der Waals surface area (Å²) in [6.07, 6.45) is 0.0838. The Morgan fingerprint density at radius 3 is 2.45 bits per heavy atom. The van der Waals surface area contributed by atoms with Crippen molar-refractivity contribution >= 4 is 5.91 Å². The van der Waals surface area contributed by atoms with Crippen LogP contribution < -0.4 is 10.9 Å². The zero-order chi connectivity index (χ0) is 16.1. The van der Waals surface area contributed by atoms with Crippen LogP contribution in [0.2, 0.25) is 0 Å². The van der Waals surface area contributed by atoms with E-state index in [-0.39, 0.29) is 17.9 Å². The monoisotopic (exact) mass is 302 g/mol. The van der Waals surface area contributed by atoms with E-state index in [2.05, 4.69) is 26.5 Å². The third-order valence-corrected chi connectivity index (χ3v) is 3.51. The van der Waals surface area contributed by atoms with Crippen LogP contribution in [0.15, 0.2) is 29.1 Å². The highest BCUT2D eigenvalue weighted by atomic mass is 16.2. The number of carbonyl (C=O) groups is 1. The van der Waals surface area contributed by atoms with Crippen LogP contribution in [0, 0.1) is 6.92 Å². The van der Waals surface area contributed by atoms with E-state index in [4.69, 9.17) is 0 Å². The zero-order valence-corrected chi connectivity index (χ0v) is 13.2. The van der Waals surface area contributed by atoms with Crippen LogP contribution in [0.1, 0.15) is 22.4 Å². The third kappa shape index (κ3) is 4.08. The average molecular weight is 302 g/mol. The van der Waals surface area contributed by atoms with Crippen molar-refractivity contribution in [3.05, 3.63) is 57.0 Å². The first-order valence-electron chi connectivity index (χ1n) is 7.21. The molecule has 0 saturated carbocycles. The topological polar surface area (TPSA) is 81.0 Å². The van der Waals surface area contributed by atoms with Gasteiger partial charge in [0.1, 0.15) is 0 Å². The van der Waals surface area contributed by atoms with Crippen LogP contribution in [0.4, 0.5) is 0 Å². The molecule has 2 rings (SSSR count). The van der Waals surface area contributed by atoms with Crippen LogP contribution in [-0.2, 0) is 24.3 Å². The Morgan fingerprint density at radius 1 is 1.18 bits per heavy atom. The molecule has 0 spiro atoms. The summed E-state index contributed by atoms with van der Waals surface area (Å²) < 4.78 is 0. The molecule has 1 aromatic carbocycles. The summed E-state index contributed by atoms with van der Waals surface area (Å²) in [5.41, 5.74) is 3.22. The predicted octanol–water partition coefficient (Wildman–Crippen LogP) is 0.932. The number of nitrogens with zero attached hydrogens (tertiary/aromatic N) is 1. The molecule has 0 aliphatic carbocycles. The number of H-pyrrole nitrogens is 2. The van der Waals surface area contributed by atoms with Crippen LogP contribution in [-0.4, -0.2) is 35.1 Å². The van der Waals surface area contributed by atoms with Gasteiger partial charge in [-0.05, 0) is 32.1 Å². The Labute approximate surface area is 129 Å². The molecule has 0 unspecified atom stereocenters. The molecule has 1 amide bonds. The van der Waals surface area contributed by atoms with Gasteiger partial charge in [0.15, 0.2) is 0 Å². The van der Waals surface area contributed by atoms with Gasteiger partial charge in [0.05, 0.1) is 6.42 Å². The summed E-state index contributed by atoms with van der Waals surface area (Å²) in [7, 11) is 4.02. The molecular formula is C16H22N4O2. The zero-order valence-electron chi connectivity index (χ0n) is 13.2. The number of rotatable bonds is 6. The van der Waals surface area contributed by atoms with Gasteiger partial charge in [0.2, 0.25) is 5.91 Å². The Morgan fingerprint density at radius 2 is 1.86 bits per heavy atom. The van der Waals surface area contributed by atoms with Crippen molar-refractivity contribution in [1.29, 1.82) is 0 Å². The average Bonchev–Trinajstić information content (AvgIpc) is 2.78. The number of nitrogens with one attached hydrogen (secondary N) is 3. The van der Waals surface area contributed by atoms with Gasteiger partial charge in [-0.25, -0.2) is 0 Å². The van der Waals surface area contributed by atoms with E-state index in [0.717, 1.165) is 12.1 Å². The quantitative estimate of drug-likeness (QED) is 0.742. The summed E-state index contributed by atoms with van der Waals surface area (Å²) in [6, 6.07) is 8.02. The number of aromatic amines is 2. The maximum Gasteiger partial charge on any atom is 0.267 e. The molecule has 0 radical (unpaired) electrons. The van der Waals surface area contributed by atoms with Crippen molar-refractivity contribution in [3.63, 3.8) is 0 Å². The van der Waals surface area contributed by atoms with Crippen molar-refractivity contribution in [2.24, 2.45) is 0 Å². The second kappa shape index (κ2) is 7.09. The van der Waals surface area contributed by atoms with E-state index >= 15 is 0 Å². The summed E-state index contributed by atoms with van der Waals surface area (Å²) in [6.45, 7) is 3.06. The number of aromatic nitrogens is 2. The molecule has 0 fully saturated rings. The molecule has 0 bridgehead atoms.